The standard InChI is InChI=1S/C11H16ClNO2/c1-8(14)6-13-7-9-5-10(12)3-4-11(9)15-2/h3-5,8,13-14H,6-7H2,1-2H3/p+1/t8-/m1/s1. The van der Waals surface area contributed by atoms with Gasteiger partial charge in [-0.1, -0.05) is 11.6 Å². The van der Waals surface area contributed by atoms with Crippen molar-refractivity contribution in [2.45, 2.75) is 19.6 Å². The van der Waals surface area contributed by atoms with Crippen LogP contribution in [0, 0.1) is 0 Å². The number of halogens is 1. The SMILES string of the molecule is COc1ccc(Cl)cc1C[NH2+]C[C@@H](C)O. The maximum Gasteiger partial charge on any atom is 0.127 e. The zero-order chi connectivity index (χ0) is 11.3. The molecule has 0 radical (unpaired) electrons. The van der Waals surface area contributed by atoms with E-state index in [2.05, 4.69) is 0 Å². The third-order valence-corrected chi connectivity index (χ3v) is 2.35. The lowest BCUT2D eigenvalue weighted by Crippen LogP contribution is -2.84. The van der Waals surface area contributed by atoms with Gasteiger partial charge in [0.05, 0.1) is 13.2 Å². The van der Waals surface area contributed by atoms with Gasteiger partial charge >= 0.3 is 0 Å². The highest BCUT2D eigenvalue weighted by Gasteiger charge is 2.06. The summed E-state index contributed by atoms with van der Waals surface area (Å²) in [5, 5.41) is 11.9. The Morgan fingerprint density at radius 2 is 2.27 bits per heavy atom. The first kappa shape index (κ1) is 12.3. The number of benzene rings is 1. The first-order valence-corrected chi connectivity index (χ1v) is 5.33. The lowest BCUT2D eigenvalue weighted by molar-refractivity contribution is -0.676. The molecule has 0 unspecified atom stereocenters. The van der Waals surface area contributed by atoms with E-state index in [-0.39, 0.29) is 6.10 Å². The van der Waals surface area contributed by atoms with Crippen molar-refractivity contribution in [2.24, 2.45) is 0 Å². The Hall–Kier alpha value is -0.770. The molecule has 4 heteroatoms. The molecule has 0 bridgehead atoms. The highest BCUT2D eigenvalue weighted by Crippen LogP contribution is 2.21. The molecule has 0 aliphatic heterocycles. The molecule has 3 N–H and O–H groups in total. The van der Waals surface area contributed by atoms with Crippen LogP contribution in [-0.2, 0) is 6.54 Å². The summed E-state index contributed by atoms with van der Waals surface area (Å²) < 4.78 is 5.22. The molecule has 0 heterocycles. The average Bonchev–Trinajstić information content (AvgIpc) is 2.17. The van der Waals surface area contributed by atoms with Gasteiger partial charge in [0, 0.05) is 10.6 Å². The van der Waals surface area contributed by atoms with Crippen LogP contribution in [0.15, 0.2) is 18.2 Å². The highest BCUT2D eigenvalue weighted by molar-refractivity contribution is 6.30. The number of quaternary nitrogens is 1. The summed E-state index contributed by atoms with van der Waals surface area (Å²) in [7, 11) is 1.64. The van der Waals surface area contributed by atoms with Gasteiger partial charge in [-0.2, -0.15) is 0 Å². The van der Waals surface area contributed by atoms with E-state index in [4.69, 9.17) is 21.4 Å². The van der Waals surface area contributed by atoms with Crippen LogP contribution in [0.3, 0.4) is 0 Å². The van der Waals surface area contributed by atoms with E-state index >= 15 is 0 Å². The Bertz CT molecular complexity index is 315. The van der Waals surface area contributed by atoms with Crippen LogP contribution < -0.4 is 10.1 Å². The van der Waals surface area contributed by atoms with Crippen molar-refractivity contribution in [2.75, 3.05) is 13.7 Å². The van der Waals surface area contributed by atoms with E-state index in [9.17, 15) is 0 Å². The summed E-state index contributed by atoms with van der Waals surface area (Å²) in [5.74, 6) is 0.834. The normalized spacial score (nSPS) is 12.5. The molecule has 1 atom stereocenters. The van der Waals surface area contributed by atoms with Crippen molar-refractivity contribution >= 4 is 11.6 Å². The van der Waals surface area contributed by atoms with Crippen LogP contribution >= 0.6 is 11.6 Å². The van der Waals surface area contributed by atoms with E-state index in [1.54, 1.807) is 20.1 Å². The minimum Gasteiger partial charge on any atom is -0.496 e. The number of rotatable bonds is 5. The lowest BCUT2D eigenvalue weighted by atomic mass is 10.2. The molecule has 0 amide bonds. The topological polar surface area (TPSA) is 46.1 Å². The van der Waals surface area contributed by atoms with E-state index in [1.165, 1.54) is 0 Å². The van der Waals surface area contributed by atoms with Gasteiger partial charge in [-0.05, 0) is 25.1 Å². The van der Waals surface area contributed by atoms with Crippen LogP contribution in [0.2, 0.25) is 5.02 Å². The number of hydrogen-bond acceptors (Lipinski definition) is 2. The molecule has 0 aliphatic carbocycles. The fourth-order valence-corrected chi connectivity index (χ4v) is 1.58. The molecule has 15 heavy (non-hydrogen) atoms. The first-order valence-electron chi connectivity index (χ1n) is 4.95. The molecular formula is C11H17ClNO2+. The maximum absolute atomic E-state index is 9.12. The van der Waals surface area contributed by atoms with E-state index in [1.807, 2.05) is 17.4 Å². The van der Waals surface area contributed by atoms with Gasteiger partial charge in [0.15, 0.2) is 0 Å². The maximum atomic E-state index is 9.12. The van der Waals surface area contributed by atoms with Gasteiger partial charge < -0.3 is 15.2 Å². The lowest BCUT2D eigenvalue weighted by Gasteiger charge is -2.08. The van der Waals surface area contributed by atoms with Crippen molar-refractivity contribution in [1.29, 1.82) is 0 Å². The first-order chi connectivity index (χ1) is 7.13. The van der Waals surface area contributed by atoms with Gasteiger partial charge in [0.2, 0.25) is 0 Å². The van der Waals surface area contributed by atoms with Gasteiger partial charge in [0.25, 0.3) is 0 Å². The molecular weight excluding hydrogens is 214 g/mol. The number of ether oxygens (including phenoxy) is 1. The summed E-state index contributed by atoms with van der Waals surface area (Å²) in [6.07, 6.45) is -0.296. The van der Waals surface area contributed by atoms with Crippen LogP contribution in [-0.4, -0.2) is 24.9 Å². The van der Waals surface area contributed by atoms with Crippen molar-refractivity contribution in [1.82, 2.24) is 0 Å². The number of aliphatic hydroxyl groups excluding tert-OH is 1. The van der Waals surface area contributed by atoms with Gasteiger partial charge in [-0.15, -0.1) is 0 Å². The number of methoxy groups -OCH3 is 1. The van der Waals surface area contributed by atoms with Crippen LogP contribution in [0.1, 0.15) is 12.5 Å². The third-order valence-electron chi connectivity index (χ3n) is 2.11. The molecule has 0 spiro atoms. The van der Waals surface area contributed by atoms with E-state index in [0.717, 1.165) is 17.9 Å². The number of aliphatic hydroxyl groups is 1. The summed E-state index contributed by atoms with van der Waals surface area (Å²) in [6.45, 7) is 3.20. The van der Waals surface area contributed by atoms with Crippen LogP contribution in [0.4, 0.5) is 0 Å². The fraction of sp³-hybridized carbons (Fsp3) is 0.455. The van der Waals surface area contributed by atoms with Crippen molar-refractivity contribution in [3.8, 4) is 5.75 Å². The zero-order valence-electron chi connectivity index (χ0n) is 9.03. The van der Waals surface area contributed by atoms with Gasteiger partial charge in [-0.25, -0.2) is 0 Å². The summed E-state index contributed by atoms with van der Waals surface area (Å²) in [4.78, 5) is 0. The van der Waals surface area contributed by atoms with Crippen molar-refractivity contribution in [3.63, 3.8) is 0 Å². The number of hydrogen-bond donors (Lipinski definition) is 2. The van der Waals surface area contributed by atoms with E-state index < -0.39 is 0 Å². The summed E-state index contributed by atoms with van der Waals surface area (Å²) in [5.41, 5.74) is 1.05. The number of nitrogens with two attached hydrogens (primary N) is 1. The Kier molecular flexibility index (Phi) is 4.88. The Morgan fingerprint density at radius 3 is 2.87 bits per heavy atom. The highest BCUT2D eigenvalue weighted by atomic mass is 35.5. The predicted molar refractivity (Wildman–Crippen MR) is 60.2 cm³/mol. The van der Waals surface area contributed by atoms with Crippen molar-refractivity contribution in [3.05, 3.63) is 28.8 Å². The largest absolute Gasteiger partial charge is 0.496 e. The summed E-state index contributed by atoms with van der Waals surface area (Å²) >= 11 is 5.90. The third kappa shape index (κ3) is 4.08. The molecule has 1 rings (SSSR count). The second-order valence-electron chi connectivity index (χ2n) is 3.53. The molecule has 0 saturated carbocycles. The molecule has 1 aromatic rings. The Labute approximate surface area is 95.0 Å². The fourth-order valence-electron chi connectivity index (χ4n) is 1.39. The smallest absolute Gasteiger partial charge is 0.127 e. The Balaban J connectivity index is 2.62. The molecule has 0 fully saturated rings. The van der Waals surface area contributed by atoms with Crippen molar-refractivity contribution < 1.29 is 15.2 Å². The second kappa shape index (κ2) is 5.95. The molecule has 0 aliphatic rings. The minimum atomic E-state index is -0.296. The molecule has 1 aromatic carbocycles. The molecule has 3 nitrogen and oxygen atoms in total. The van der Waals surface area contributed by atoms with E-state index in [0.29, 0.717) is 11.6 Å². The van der Waals surface area contributed by atoms with Crippen LogP contribution in [0.5, 0.6) is 5.75 Å². The second-order valence-corrected chi connectivity index (χ2v) is 3.97. The monoisotopic (exact) mass is 230 g/mol. The molecule has 84 valence electrons. The molecule has 0 aromatic heterocycles. The molecule has 0 saturated heterocycles. The predicted octanol–water partition coefficient (Wildman–Crippen LogP) is 0.793. The Morgan fingerprint density at radius 1 is 1.53 bits per heavy atom. The van der Waals surface area contributed by atoms with Gasteiger partial charge in [-0.3, -0.25) is 0 Å². The average molecular weight is 231 g/mol. The quantitative estimate of drug-likeness (QED) is 0.786. The zero-order valence-corrected chi connectivity index (χ0v) is 9.79. The summed E-state index contributed by atoms with van der Waals surface area (Å²) in [6, 6.07) is 5.55. The van der Waals surface area contributed by atoms with Gasteiger partial charge in [0.1, 0.15) is 18.8 Å². The minimum absolute atomic E-state index is 0.296. The van der Waals surface area contributed by atoms with Crippen LogP contribution in [0.25, 0.3) is 0 Å².